The van der Waals surface area contributed by atoms with Gasteiger partial charge >= 0.3 is 0 Å². The summed E-state index contributed by atoms with van der Waals surface area (Å²) in [5, 5.41) is 2.84. The van der Waals surface area contributed by atoms with Crippen molar-refractivity contribution in [1.29, 1.82) is 0 Å². The van der Waals surface area contributed by atoms with Crippen LogP contribution in [0.5, 0.6) is 0 Å². The smallest absolute Gasteiger partial charge is 0.230 e. The minimum atomic E-state index is -0.389. The zero-order chi connectivity index (χ0) is 14.4. The molecule has 1 amide bonds. The summed E-state index contributed by atoms with van der Waals surface area (Å²) < 4.78 is 14.1. The monoisotopic (exact) mass is 263 g/mol. The molecule has 0 aliphatic carbocycles. The lowest BCUT2D eigenvalue weighted by atomic mass is 9.75. The van der Waals surface area contributed by atoms with Crippen molar-refractivity contribution in [3.05, 3.63) is 29.1 Å². The first kappa shape index (κ1) is 14.0. The minimum absolute atomic E-state index is 0.00888. The molecule has 1 aliphatic rings. The van der Waals surface area contributed by atoms with Crippen LogP contribution in [0.1, 0.15) is 52.2 Å². The molecule has 1 aromatic carbocycles. The maximum atomic E-state index is 14.1. The number of hydrogen-bond acceptors (Lipinski definition) is 1. The zero-order valence-electron chi connectivity index (χ0n) is 12.4. The van der Waals surface area contributed by atoms with Gasteiger partial charge < -0.3 is 5.32 Å². The maximum absolute atomic E-state index is 14.1. The van der Waals surface area contributed by atoms with Gasteiger partial charge in [0.2, 0.25) is 5.91 Å². The highest BCUT2D eigenvalue weighted by Gasteiger charge is 2.37. The van der Waals surface area contributed by atoms with Crippen molar-refractivity contribution >= 4 is 11.6 Å². The molecule has 0 fully saturated rings. The van der Waals surface area contributed by atoms with Crippen LogP contribution in [0.2, 0.25) is 0 Å². The van der Waals surface area contributed by atoms with Crippen molar-refractivity contribution < 1.29 is 9.18 Å². The lowest BCUT2D eigenvalue weighted by Crippen LogP contribution is -2.39. The fourth-order valence-electron chi connectivity index (χ4n) is 2.51. The van der Waals surface area contributed by atoms with Crippen LogP contribution in [0.25, 0.3) is 0 Å². The Morgan fingerprint density at radius 1 is 1.37 bits per heavy atom. The molecular weight excluding hydrogens is 241 g/mol. The highest BCUT2D eigenvalue weighted by Crippen LogP contribution is 2.39. The van der Waals surface area contributed by atoms with Gasteiger partial charge in [-0.1, -0.05) is 40.7 Å². The van der Waals surface area contributed by atoms with Crippen LogP contribution in [-0.4, -0.2) is 5.91 Å². The van der Waals surface area contributed by atoms with Crippen molar-refractivity contribution in [2.75, 3.05) is 5.32 Å². The van der Waals surface area contributed by atoms with Crippen molar-refractivity contribution in [1.82, 2.24) is 0 Å². The standard InChI is InChI=1S/C16H22FNO/c1-6-16(5)9-10-7-11(15(2,3)4)12(17)8-13(10)18-14(16)19/h7-8H,6,9H2,1-5H3,(H,18,19). The summed E-state index contributed by atoms with van der Waals surface area (Å²) >= 11 is 0. The minimum Gasteiger partial charge on any atom is -0.325 e. The molecule has 19 heavy (non-hydrogen) atoms. The summed E-state index contributed by atoms with van der Waals surface area (Å²) in [6, 6.07) is 3.38. The van der Waals surface area contributed by atoms with Gasteiger partial charge in [-0.3, -0.25) is 4.79 Å². The number of rotatable bonds is 1. The van der Waals surface area contributed by atoms with E-state index >= 15 is 0 Å². The van der Waals surface area contributed by atoms with E-state index in [1.807, 2.05) is 40.7 Å². The Kier molecular flexibility index (Phi) is 3.20. The van der Waals surface area contributed by atoms with Crippen LogP contribution in [0.3, 0.4) is 0 Å². The third kappa shape index (κ3) is 2.38. The van der Waals surface area contributed by atoms with Gasteiger partial charge in [-0.2, -0.15) is 0 Å². The molecule has 0 radical (unpaired) electrons. The van der Waals surface area contributed by atoms with E-state index in [1.54, 1.807) is 0 Å². The summed E-state index contributed by atoms with van der Waals surface area (Å²) in [4.78, 5) is 12.1. The highest BCUT2D eigenvalue weighted by atomic mass is 19.1. The average Bonchev–Trinajstić information content (AvgIpc) is 2.29. The van der Waals surface area contributed by atoms with E-state index in [1.165, 1.54) is 6.07 Å². The molecule has 1 atom stereocenters. The predicted molar refractivity (Wildman–Crippen MR) is 75.8 cm³/mol. The SMILES string of the molecule is CCC1(C)Cc2cc(C(C)(C)C)c(F)cc2NC1=O. The van der Waals surface area contributed by atoms with E-state index in [4.69, 9.17) is 0 Å². The molecule has 0 spiro atoms. The van der Waals surface area contributed by atoms with Crippen molar-refractivity contribution in [2.24, 2.45) is 5.41 Å². The lowest BCUT2D eigenvalue weighted by Gasteiger charge is -2.34. The van der Waals surface area contributed by atoms with Gasteiger partial charge in [0.1, 0.15) is 5.82 Å². The fourth-order valence-corrected chi connectivity index (χ4v) is 2.51. The van der Waals surface area contributed by atoms with Gasteiger partial charge in [0.15, 0.2) is 0 Å². The molecule has 0 aromatic heterocycles. The number of carbonyl (C=O) groups is 1. The van der Waals surface area contributed by atoms with Crippen LogP contribution in [-0.2, 0) is 16.6 Å². The Labute approximate surface area is 114 Å². The van der Waals surface area contributed by atoms with Crippen LogP contribution in [0.4, 0.5) is 10.1 Å². The average molecular weight is 263 g/mol. The summed E-state index contributed by atoms with van der Waals surface area (Å²) in [5.41, 5.74) is 1.75. The first-order valence-corrected chi connectivity index (χ1v) is 6.82. The second-order valence-corrected chi connectivity index (χ2v) is 6.78. The molecule has 1 heterocycles. The quantitative estimate of drug-likeness (QED) is 0.814. The van der Waals surface area contributed by atoms with E-state index in [0.717, 1.165) is 12.0 Å². The molecule has 1 unspecified atom stereocenters. The first-order chi connectivity index (χ1) is 8.67. The molecule has 0 bridgehead atoms. The predicted octanol–water partition coefficient (Wildman–Crippen LogP) is 4.03. The molecule has 2 nitrogen and oxygen atoms in total. The number of benzene rings is 1. The van der Waals surface area contributed by atoms with E-state index < -0.39 is 0 Å². The number of nitrogens with one attached hydrogen (secondary N) is 1. The first-order valence-electron chi connectivity index (χ1n) is 6.82. The van der Waals surface area contributed by atoms with E-state index in [-0.39, 0.29) is 22.6 Å². The normalized spacial score (nSPS) is 22.9. The number of amides is 1. The molecule has 0 saturated carbocycles. The van der Waals surface area contributed by atoms with Gasteiger partial charge in [0.05, 0.1) is 5.41 Å². The Morgan fingerprint density at radius 2 is 2.00 bits per heavy atom. The van der Waals surface area contributed by atoms with Crippen LogP contribution in [0.15, 0.2) is 12.1 Å². The number of carbonyl (C=O) groups excluding carboxylic acids is 1. The summed E-state index contributed by atoms with van der Waals surface area (Å²) in [6.45, 7) is 9.97. The van der Waals surface area contributed by atoms with E-state index in [9.17, 15) is 9.18 Å². The van der Waals surface area contributed by atoms with Gasteiger partial charge in [-0.05, 0) is 35.4 Å². The lowest BCUT2D eigenvalue weighted by molar-refractivity contribution is -0.125. The Balaban J connectivity index is 2.52. The molecule has 2 rings (SSSR count). The molecule has 104 valence electrons. The Bertz CT molecular complexity index is 530. The molecule has 0 saturated heterocycles. The van der Waals surface area contributed by atoms with E-state index in [0.29, 0.717) is 17.7 Å². The zero-order valence-corrected chi connectivity index (χ0v) is 12.4. The fraction of sp³-hybridized carbons (Fsp3) is 0.562. The topological polar surface area (TPSA) is 29.1 Å². The highest BCUT2D eigenvalue weighted by molar-refractivity contribution is 5.98. The number of hydrogen-bond donors (Lipinski definition) is 1. The summed E-state index contributed by atoms with van der Waals surface area (Å²) in [7, 11) is 0. The third-order valence-corrected chi connectivity index (χ3v) is 4.16. The van der Waals surface area contributed by atoms with Gasteiger partial charge in [-0.25, -0.2) is 4.39 Å². The van der Waals surface area contributed by atoms with Crippen molar-refractivity contribution in [2.45, 2.75) is 52.9 Å². The molecule has 1 aromatic rings. The molecule has 3 heteroatoms. The second kappa shape index (κ2) is 4.32. The number of halogens is 1. The van der Waals surface area contributed by atoms with Gasteiger partial charge in [-0.15, -0.1) is 0 Å². The second-order valence-electron chi connectivity index (χ2n) is 6.78. The Morgan fingerprint density at radius 3 is 2.53 bits per heavy atom. The van der Waals surface area contributed by atoms with Crippen LogP contribution >= 0.6 is 0 Å². The van der Waals surface area contributed by atoms with Gasteiger partial charge in [0, 0.05) is 5.69 Å². The summed E-state index contributed by atoms with van der Waals surface area (Å²) in [6.07, 6.45) is 1.45. The Hall–Kier alpha value is -1.38. The third-order valence-electron chi connectivity index (χ3n) is 4.16. The molecular formula is C16H22FNO. The van der Waals surface area contributed by atoms with Gasteiger partial charge in [0.25, 0.3) is 0 Å². The van der Waals surface area contributed by atoms with Crippen molar-refractivity contribution in [3.63, 3.8) is 0 Å². The number of anilines is 1. The number of fused-ring (bicyclic) bond motifs is 1. The summed E-state index contributed by atoms with van der Waals surface area (Å²) in [5.74, 6) is -0.253. The molecule has 1 N–H and O–H groups in total. The van der Waals surface area contributed by atoms with Crippen LogP contribution < -0.4 is 5.32 Å². The van der Waals surface area contributed by atoms with E-state index in [2.05, 4.69) is 5.32 Å². The maximum Gasteiger partial charge on any atom is 0.230 e. The largest absolute Gasteiger partial charge is 0.325 e. The van der Waals surface area contributed by atoms with Crippen LogP contribution in [0, 0.1) is 11.2 Å². The van der Waals surface area contributed by atoms with Crippen molar-refractivity contribution in [3.8, 4) is 0 Å². The molecule has 1 aliphatic heterocycles.